The van der Waals surface area contributed by atoms with E-state index >= 15 is 0 Å². The molecule has 1 aromatic rings. The summed E-state index contributed by atoms with van der Waals surface area (Å²) in [5.41, 5.74) is -0.644. The Kier molecular flexibility index (Phi) is 6.85. The molecule has 1 heterocycles. The summed E-state index contributed by atoms with van der Waals surface area (Å²) in [6.45, 7) is 8.14. The van der Waals surface area contributed by atoms with Crippen molar-refractivity contribution in [3.8, 4) is 0 Å². The molecule has 1 rings (SSSR count). The molecule has 0 unspecified atom stereocenters. The first-order valence-electron chi connectivity index (χ1n) is 7.38. The minimum atomic E-state index is -3.89. The number of sulfonamides is 1. The van der Waals surface area contributed by atoms with E-state index in [0.29, 0.717) is 0 Å². The van der Waals surface area contributed by atoms with Crippen LogP contribution in [-0.4, -0.2) is 60.2 Å². The molecule has 25 heavy (non-hydrogen) atoms. The van der Waals surface area contributed by atoms with E-state index in [2.05, 4.69) is 20.8 Å². The zero-order valence-electron chi connectivity index (χ0n) is 15.0. The van der Waals surface area contributed by atoms with Crippen molar-refractivity contribution in [2.75, 3.05) is 18.9 Å². The van der Waals surface area contributed by atoms with Gasteiger partial charge in [-0.25, -0.2) is 13.2 Å². The second kappa shape index (κ2) is 8.06. The van der Waals surface area contributed by atoms with E-state index in [-0.39, 0.29) is 21.9 Å². The molecule has 0 bridgehead atoms. The van der Waals surface area contributed by atoms with Crippen molar-refractivity contribution in [2.45, 2.75) is 50.6 Å². The van der Waals surface area contributed by atoms with Crippen LogP contribution in [-0.2, 0) is 19.6 Å². The zero-order valence-corrected chi connectivity index (χ0v) is 16.6. The number of amides is 2. The van der Waals surface area contributed by atoms with Gasteiger partial charge >= 0.3 is 6.09 Å². The molecule has 142 valence electrons. The largest absolute Gasteiger partial charge is 0.444 e. The summed E-state index contributed by atoms with van der Waals surface area (Å²) in [5, 5.41) is 12.2. The number of anilines is 1. The molecule has 0 aliphatic carbocycles. The Morgan fingerprint density at radius 3 is 2.44 bits per heavy atom. The standard InChI is InChI=1S/C13H23N5O5S2/c1-8(14-11(20)23-13(3,4)5)7-18(6)25(21,22)12-17-16-10(24-12)15-9(2)19/h8H,7H2,1-6H3,(H,14,20)(H,15,16,19)/t8-/m0/s1. The Bertz CT molecular complexity index is 725. The number of ether oxygens (including phenoxy) is 1. The van der Waals surface area contributed by atoms with Crippen LogP contribution in [0.1, 0.15) is 34.6 Å². The number of carbonyl (C=O) groups is 2. The van der Waals surface area contributed by atoms with Crippen LogP contribution < -0.4 is 10.6 Å². The maximum Gasteiger partial charge on any atom is 0.407 e. The van der Waals surface area contributed by atoms with E-state index in [9.17, 15) is 18.0 Å². The average molecular weight is 393 g/mol. The average Bonchev–Trinajstić information content (AvgIpc) is 2.83. The van der Waals surface area contributed by atoms with Crippen LogP contribution in [0.4, 0.5) is 9.93 Å². The molecule has 1 atom stereocenters. The van der Waals surface area contributed by atoms with Gasteiger partial charge in [-0.2, -0.15) is 4.31 Å². The van der Waals surface area contributed by atoms with E-state index in [0.717, 1.165) is 15.6 Å². The molecule has 0 saturated carbocycles. The lowest BCUT2D eigenvalue weighted by Gasteiger charge is -2.24. The molecule has 0 saturated heterocycles. The Labute approximate surface area is 151 Å². The van der Waals surface area contributed by atoms with Crippen molar-refractivity contribution >= 4 is 38.5 Å². The van der Waals surface area contributed by atoms with Gasteiger partial charge in [0.05, 0.1) is 0 Å². The SMILES string of the molecule is CC(=O)Nc1nnc(S(=O)(=O)N(C)C[C@H](C)NC(=O)OC(C)(C)C)s1. The second-order valence-electron chi connectivity index (χ2n) is 6.39. The van der Waals surface area contributed by atoms with Crippen molar-refractivity contribution in [2.24, 2.45) is 0 Å². The van der Waals surface area contributed by atoms with Gasteiger partial charge in [-0.15, -0.1) is 10.2 Å². The number of nitrogens with one attached hydrogen (secondary N) is 2. The third kappa shape index (κ3) is 6.92. The van der Waals surface area contributed by atoms with Crippen molar-refractivity contribution in [3.05, 3.63) is 0 Å². The van der Waals surface area contributed by atoms with E-state index in [1.54, 1.807) is 27.7 Å². The normalized spacial score (nSPS) is 13.4. The van der Waals surface area contributed by atoms with Gasteiger partial charge in [-0.1, -0.05) is 11.3 Å². The monoisotopic (exact) mass is 393 g/mol. The Morgan fingerprint density at radius 1 is 1.32 bits per heavy atom. The Hall–Kier alpha value is -1.79. The highest BCUT2D eigenvalue weighted by atomic mass is 32.2. The highest BCUT2D eigenvalue weighted by molar-refractivity contribution is 7.91. The van der Waals surface area contributed by atoms with Crippen LogP contribution in [0.3, 0.4) is 0 Å². The van der Waals surface area contributed by atoms with Crippen molar-refractivity contribution < 1.29 is 22.7 Å². The predicted octanol–water partition coefficient (Wildman–Crippen LogP) is 1.03. The van der Waals surface area contributed by atoms with Gasteiger partial charge in [0.1, 0.15) is 5.60 Å². The lowest BCUT2D eigenvalue weighted by Crippen LogP contribution is -2.44. The quantitative estimate of drug-likeness (QED) is 0.690. The van der Waals surface area contributed by atoms with E-state index in [4.69, 9.17) is 4.74 Å². The second-order valence-corrected chi connectivity index (χ2v) is 9.58. The van der Waals surface area contributed by atoms with Crippen LogP contribution in [0.5, 0.6) is 0 Å². The fraction of sp³-hybridized carbons (Fsp3) is 0.692. The first-order chi connectivity index (χ1) is 11.3. The summed E-state index contributed by atoms with van der Waals surface area (Å²) in [7, 11) is -2.52. The number of rotatable bonds is 6. The van der Waals surface area contributed by atoms with Gasteiger partial charge in [0.25, 0.3) is 10.0 Å². The molecular formula is C13H23N5O5S2. The maximum absolute atomic E-state index is 12.5. The van der Waals surface area contributed by atoms with Gasteiger partial charge in [0, 0.05) is 26.6 Å². The lowest BCUT2D eigenvalue weighted by atomic mass is 10.2. The first-order valence-corrected chi connectivity index (χ1v) is 9.64. The van der Waals surface area contributed by atoms with Crippen molar-refractivity contribution in [1.82, 2.24) is 19.8 Å². The molecule has 10 nitrogen and oxygen atoms in total. The van der Waals surface area contributed by atoms with E-state index < -0.39 is 27.8 Å². The molecule has 0 spiro atoms. The van der Waals surface area contributed by atoms with Gasteiger partial charge in [0.2, 0.25) is 15.4 Å². The van der Waals surface area contributed by atoms with Gasteiger partial charge in [-0.3, -0.25) is 4.79 Å². The molecule has 0 aromatic carbocycles. The van der Waals surface area contributed by atoms with Gasteiger partial charge in [-0.05, 0) is 27.7 Å². The zero-order chi connectivity index (χ0) is 19.4. The van der Waals surface area contributed by atoms with Crippen molar-refractivity contribution in [3.63, 3.8) is 0 Å². The lowest BCUT2D eigenvalue weighted by molar-refractivity contribution is -0.114. The predicted molar refractivity (Wildman–Crippen MR) is 92.9 cm³/mol. The maximum atomic E-state index is 12.5. The van der Waals surface area contributed by atoms with Crippen LogP contribution in [0, 0.1) is 0 Å². The van der Waals surface area contributed by atoms with E-state index in [1.807, 2.05) is 0 Å². The van der Waals surface area contributed by atoms with Crippen LogP contribution in [0.2, 0.25) is 0 Å². The number of aromatic nitrogens is 2. The number of alkyl carbamates (subject to hydrolysis) is 1. The number of nitrogens with zero attached hydrogens (tertiary/aromatic N) is 3. The molecule has 1 aromatic heterocycles. The third-order valence-corrected chi connectivity index (χ3v) is 5.62. The summed E-state index contributed by atoms with van der Waals surface area (Å²) in [6, 6.07) is -0.489. The third-order valence-electron chi connectivity index (χ3n) is 2.61. The highest BCUT2D eigenvalue weighted by Gasteiger charge is 2.28. The summed E-state index contributed by atoms with van der Waals surface area (Å²) in [5.74, 6) is -0.372. The molecule has 0 radical (unpaired) electrons. The highest BCUT2D eigenvalue weighted by Crippen LogP contribution is 2.22. The molecule has 2 N–H and O–H groups in total. The minimum Gasteiger partial charge on any atom is -0.444 e. The molecule has 2 amide bonds. The van der Waals surface area contributed by atoms with Crippen molar-refractivity contribution in [1.29, 1.82) is 0 Å². The Morgan fingerprint density at radius 2 is 1.92 bits per heavy atom. The number of carbonyl (C=O) groups excluding carboxylic acids is 2. The smallest absolute Gasteiger partial charge is 0.407 e. The van der Waals surface area contributed by atoms with Crippen LogP contribution in [0.25, 0.3) is 0 Å². The summed E-state index contributed by atoms with van der Waals surface area (Å²) >= 11 is 0.750. The number of hydrogen-bond acceptors (Lipinski definition) is 8. The fourth-order valence-corrected chi connectivity index (χ4v) is 4.08. The van der Waals surface area contributed by atoms with Gasteiger partial charge in [0.15, 0.2) is 0 Å². The number of likely N-dealkylation sites (N-methyl/N-ethyl adjacent to an activating group) is 1. The molecule has 0 aliphatic rings. The Balaban J connectivity index is 2.71. The minimum absolute atomic E-state index is 0.0105. The van der Waals surface area contributed by atoms with Gasteiger partial charge < -0.3 is 15.4 Å². The number of hydrogen-bond donors (Lipinski definition) is 2. The summed E-state index contributed by atoms with van der Waals surface area (Å²) < 4.78 is 30.8. The summed E-state index contributed by atoms with van der Waals surface area (Å²) in [4.78, 5) is 22.7. The van der Waals surface area contributed by atoms with Crippen LogP contribution >= 0.6 is 11.3 Å². The van der Waals surface area contributed by atoms with Crippen LogP contribution in [0.15, 0.2) is 4.34 Å². The van der Waals surface area contributed by atoms with E-state index in [1.165, 1.54) is 14.0 Å². The fourth-order valence-electron chi connectivity index (χ4n) is 1.69. The first kappa shape index (κ1) is 21.3. The molecule has 0 aliphatic heterocycles. The summed E-state index contributed by atoms with van der Waals surface area (Å²) in [6.07, 6.45) is -0.630. The molecular weight excluding hydrogens is 370 g/mol. The molecule has 12 heteroatoms. The topological polar surface area (TPSA) is 131 Å². The molecule has 0 fully saturated rings.